The fourth-order valence-corrected chi connectivity index (χ4v) is 2.37. The molecular weight excluding hydrogens is 218 g/mol. The maximum atomic E-state index is 11.7. The monoisotopic (exact) mass is 231 g/mol. The van der Waals surface area contributed by atoms with Crippen molar-refractivity contribution in [3.8, 4) is 0 Å². The SMILES string of the molecule is NC1CC(=O)N(c2ccc3c(c2)CNC3=O)C1. The van der Waals surface area contributed by atoms with E-state index in [0.29, 0.717) is 25.1 Å². The molecular formula is C12H13N3O2. The van der Waals surface area contributed by atoms with Crippen LogP contribution in [0.2, 0.25) is 0 Å². The van der Waals surface area contributed by atoms with Gasteiger partial charge in [0.15, 0.2) is 0 Å². The van der Waals surface area contributed by atoms with Crippen LogP contribution in [0.3, 0.4) is 0 Å². The summed E-state index contributed by atoms with van der Waals surface area (Å²) in [6.45, 7) is 1.09. The Morgan fingerprint density at radius 1 is 1.35 bits per heavy atom. The lowest BCUT2D eigenvalue weighted by Gasteiger charge is -2.16. The molecule has 0 bridgehead atoms. The number of anilines is 1. The van der Waals surface area contributed by atoms with Crippen molar-refractivity contribution < 1.29 is 9.59 Å². The number of benzene rings is 1. The van der Waals surface area contributed by atoms with Gasteiger partial charge in [0, 0.05) is 36.8 Å². The highest BCUT2D eigenvalue weighted by atomic mass is 16.2. The summed E-state index contributed by atoms with van der Waals surface area (Å²) in [5.74, 6) is 0.00531. The minimum absolute atomic E-state index is 0.0454. The van der Waals surface area contributed by atoms with Gasteiger partial charge in [-0.05, 0) is 23.8 Å². The van der Waals surface area contributed by atoms with Crippen molar-refractivity contribution in [1.29, 1.82) is 0 Å². The fraction of sp³-hybridized carbons (Fsp3) is 0.333. The van der Waals surface area contributed by atoms with E-state index in [2.05, 4.69) is 5.32 Å². The Labute approximate surface area is 98.6 Å². The van der Waals surface area contributed by atoms with Crippen LogP contribution in [-0.2, 0) is 11.3 Å². The van der Waals surface area contributed by atoms with Gasteiger partial charge in [0.2, 0.25) is 5.91 Å². The zero-order valence-corrected chi connectivity index (χ0v) is 9.27. The summed E-state index contributed by atoms with van der Waals surface area (Å²) < 4.78 is 0. The molecule has 2 aliphatic heterocycles. The summed E-state index contributed by atoms with van der Waals surface area (Å²) in [6.07, 6.45) is 0.397. The molecule has 1 aromatic rings. The maximum absolute atomic E-state index is 11.7. The molecule has 1 saturated heterocycles. The molecule has 0 spiro atoms. The van der Waals surface area contributed by atoms with E-state index < -0.39 is 0 Å². The molecule has 2 amide bonds. The third kappa shape index (κ3) is 1.59. The molecule has 3 rings (SSSR count). The lowest BCUT2D eigenvalue weighted by atomic mass is 10.1. The summed E-state index contributed by atoms with van der Waals surface area (Å²) in [7, 11) is 0. The number of nitrogens with zero attached hydrogens (tertiary/aromatic N) is 1. The number of carbonyl (C=O) groups excluding carboxylic acids is 2. The summed E-state index contributed by atoms with van der Waals surface area (Å²) in [6, 6.07) is 5.38. The van der Waals surface area contributed by atoms with Gasteiger partial charge >= 0.3 is 0 Å². The Hall–Kier alpha value is -1.88. The van der Waals surface area contributed by atoms with Crippen LogP contribution in [0.1, 0.15) is 22.3 Å². The van der Waals surface area contributed by atoms with E-state index in [-0.39, 0.29) is 17.9 Å². The van der Waals surface area contributed by atoms with Gasteiger partial charge in [-0.25, -0.2) is 0 Å². The van der Waals surface area contributed by atoms with E-state index in [0.717, 1.165) is 11.3 Å². The van der Waals surface area contributed by atoms with Crippen LogP contribution < -0.4 is 16.0 Å². The molecule has 2 heterocycles. The number of fused-ring (bicyclic) bond motifs is 1. The highest BCUT2D eigenvalue weighted by Crippen LogP contribution is 2.25. The molecule has 2 aliphatic rings. The fourth-order valence-electron chi connectivity index (χ4n) is 2.37. The van der Waals surface area contributed by atoms with Crippen LogP contribution in [0.15, 0.2) is 18.2 Å². The van der Waals surface area contributed by atoms with Crippen LogP contribution >= 0.6 is 0 Å². The smallest absolute Gasteiger partial charge is 0.251 e. The van der Waals surface area contributed by atoms with Crippen molar-refractivity contribution in [3.05, 3.63) is 29.3 Å². The van der Waals surface area contributed by atoms with E-state index >= 15 is 0 Å². The lowest BCUT2D eigenvalue weighted by Crippen LogP contribution is -2.28. The molecule has 0 aliphatic carbocycles. The average molecular weight is 231 g/mol. The first-order chi connectivity index (χ1) is 8.15. The van der Waals surface area contributed by atoms with E-state index in [4.69, 9.17) is 5.73 Å². The molecule has 1 aromatic carbocycles. The van der Waals surface area contributed by atoms with Crippen molar-refractivity contribution in [2.45, 2.75) is 19.0 Å². The van der Waals surface area contributed by atoms with Crippen molar-refractivity contribution in [3.63, 3.8) is 0 Å². The molecule has 1 unspecified atom stereocenters. The Morgan fingerprint density at radius 3 is 2.88 bits per heavy atom. The number of hydrogen-bond acceptors (Lipinski definition) is 3. The Morgan fingerprint density at radius 2 is 2.18 bits per heavy atom. The van der Waals surface area contributed by atoms with Gasteiger partial charge < -0.3 is 16.0 Å². The Kier molecular flexibility index (Phi) is 2.16. The molecule has 1 atom stereocenters. The number of nitrogens with one attached hydrogen (secondary N) is 1. The van der Waals surface area contributed by atoms with Crippen LogP contribution in [-0.4, -0.2) is 24.4 Å². The molecule has 3 N–H and O–H groups in total. The van der Waals surface area contributed by atoms with Crippen LogP contribution in [0.5, 0.6) is 0 Å². The molecule has 5 nitrogen and oxygen atoms in total. The minimum atomic E-state index is -0.0875. The van der Waals surface area contributed by atoms with E-state index in [9.17, 15) is 9.59 Å². The summed E-state index contributed by atoms with van der Waals surface area (Å²) >= 11 is 0. The van der Waals surface area contributed by atoms with Gasteiger partial charge in [-0.1, -0.05) is 0 Å². The zero-order chi connectivity index (χ0) is 12.0. The molecule has 5 heteroatoms. The standard InChI is InChI=1S/C12H13N3O2/c13-8-4-11(16)15(6-8)9-1-2-10-7(3-9)5-14-12(10)17/h1-3,8H,4-6,13H2,(H,14,17). The highest BCUT2D eigenvalue weighted by molar-refractivity contribution is 6.00. The van der Waals surface area contributed by atoms with Crippen molar-refractivity contribution in [2.75, 3.05) is 11.4 Å². The van der Waals surface area contributed by atoms with E-state index in [1.165, 1.54) is 0 Å². The van der Waals surface area contributed by atoms with Crippen molar-refractivity contribution in [2.24, 2.45) is 5.73 Å². The molecule has 1 fully saturated rings. The van der Waals surface area contributed by atoms with Gasteiger partial charge in [-0.2, -0.15) is 0 Å². The number of amides is 2. The van der Waals surface area contributed by atoms with Gasteiger partial charge in [0.25, 0.3) is 5.91 Å². The van der Waals surface area contributed by atoms with Gasteiger partial charge in [0.05, 0.1) is 0 Å². The van der Waals surface area contributed by atoms with E-state index in [1.54, 1.807) is 17.0 Å². The third-order valence-corrected chi connectivity index (χ3v) is 3.24. The molecule has 0 saturated carbocycles. The van der Waals surface area contributed by atoms with Crippen LogP contribution in [0, 0.1) is 0 Å². The highest BCUT2D eigenvalue weighted by Gasteiger charge is 2.29. The first-order valence-electron chi connectivity index (χ1n) is 5.62. The zero-order valence-electron chi connectivity index (χ0n) is 9.27. The third-order valence-electron chi connectivity index (χ3n) is 3.24. The number of rotatable bonds is 1. The molecule has 88 valence electrons. The summed E-state index contributed by atoms with van der Waals surface area (Å²) in [5, 5.41) is 2.76. The van der Waals surface area contributed by atoms with Crippen LogP contribution in [0.4, 0.5) is 5.69 Å². The average Bonchev–Trinajstić information content (AvgIpc) is 2.82. The molecule has 0 aromatic heterocycles. The van der Waals surface area contributed by atoms with Gasteiger partial charge in [-0.15, -0.1) is 0 Å². The molecule has 0 radical (unpaired) electrons. The van der Waals surface area contributed by atoms with Gasteiger partial charge in [0.1, 0.15) is 0 Å². The topological polar surface area (TPSA) is 75.4 Å². The normalized spacial score (nSPS) is 22.9. The Bertz CT molecular complexity index is 512. The summed E-state index contributed by atoms with van der Waals surface area (Å²) in [4.78, 5) is 24.8. The number of nitrogens with two attached hydrogens (primary N) is 1. The minimum Gasteiger partial charge on any atom is -0.348 e. The van der Waals surface area contributed by atoms with Crippen LogP contribution in [0.25, 0.3) is 0 Å². The quantitative estimate of drug-likeness (QED) is 0.714. The first kappa shape index (κ1) is 10.3. The Balaban J connectivity index is 1.95. The maximum Gasteiger partial charge on any atom is 0.251 e. The second-order valence-corrected chi connectivity index (χ2v) is 4.49. The number of hydrogen-bond donors (Lipinski definition) is 2. The molecule has 17 heavy (non-hydrogen) atoms. The van der Waals surface area contributed by atoms with E-state index in [1.807, 2.05) is 6.07 Å². The van der Waals surface area contributed by atoms with Crippen molar-refractivity contribution >= 4 is 17.5 Å². The number of carbonyl (C=O) groups is 2. The van der Waals surface area contributed by atoms with Crippen molar-refractivity contribution in [1.82, 2.24) is 5.32 Å². The van der Waals surface area contributed by atoms with Gasteiger partial charge in [-0.3, -0.25) is 9.59 Å². The first-order valence-corrected chi connectivity index (χ1v) is 5.62. The second-order valence-electron chi connectivity index (χ2n) is 4.49. The predicted molar refractivity (Wildman–Crippen MR) is 62.6 cm³/mol. The lowest BCUT2D eigenvalue weighted by molar-refractivity contribution is -0.117. The predicted octanol–water partition coefficient (Wildman–Crippen LogP) is -0.00600. The second kappa shape index (κ2) is 3.56. The largest absolute Gasteiger partial charge is 0.348 e. The summed E-state index contributed by atoms with van der Waals surface area (Å²) in [5.41, 5.74) is 8.23.